The van der Waals surface area contributed by atoms with Gasteiger partial charge in [0, 0.05) is 33.0 Å². The van der Waals surface area contributed by atoms with Crippen LogP contribution in [0.5, 0.6) is 0 Å². The van der Waals surface area contributed by atoms with Crippen molar-refractivity contribution in [1.82, 2.24) is 0 Å². The van der Waals surface area contributed by atoms with E-state index >= 15 is 0 Å². The van der Waals surface area contributed by atoms with E-state index in [1.807, 2.05) is 0 Å². The number of methoxy groups -OCH3 is 2. The summed E-state index contributed by atoms with van der Waals surface area (Å²) in [6, 6.07) is 0. The van der Waals surface area contributed by atoms with Gasteiger partial charge < -0.3 is 98.1 Å². The van der Waals surface area contributed by atoms with Gasteiger partial charge in [-0.15, -0.1) is 0 Å². The first-order valence-electron chi connectivity index (χ1n) is 25.8. The lowest BCUT2D eigenvalue weighted by Gasteiger charge is -2.62. The van der Waals surface area contributed by atoms with Crippen molar-refractivity contribution in [3.05, 3.63) is 0 Å². The zero-order valence-corrected chi connectivity index (χ0v) is 41.2. The number of hydrogen-bond acceptors (Lipinski definition) is 21. The molecule has 9 aliphatic rings. The molecule has 4 saturated carbocycles. The smallest absolute Gasteiger partial charge is 0.306 e. The largest absolute Gasteiger partial charge is 0.465 e. The van der Waals surface area contributed by atoms with E-state index in [-0.39, 0.29) is 35.1 Å². The second-order valence-corrected chi connectivity index (χ2v) is 22.6. The fourth-order valence-electron chi connectivity index (χ4n) is 15.1. The molecular formula is C49H80O21. The maximum Gasteiger partial charge on any atom is 0.306 e. The molecular weight excluding hydrogens is 925 g/mol. The van der Waals surface area contributed by atoms with Crippen LogP contribution < -0.4 is 0 Å². The topological polar surface area (TPSA) is 301 Å². The van der Waals surface area contributed by atoms with Gasteiger partial charge >= 0.3 is 5.97 Å². The minimum atomic E-state index is -1.80. The number of hydrogen-bond donors (Lipinski definition) is 9. The Balaban J connectivity index is 0.784. The van der Waals surface area contributed by atoms with Crippen LogP contribution >= 0.6 is 0 Å². The van der Waals surface area contributed by atoms with Gasteiger partial charge in [-0.25, -0.2) is 0 Å². The number of fused-ring (bicyclic) bond motifs is 5. The molecule has 21 nitrogen and oxygen atoms in total. The molecule has 0 unspecified atom stereocenters. The summed E-state index contributed by atoms with van der Waals surface area (Å²) in [6.07, 6.45) is -17.6. The van der Waals surface area contributed by atoms with E-state index in [1.165, 1.54) is 14.2 Å². The van der Waals surface area contributed by atoms with Crippen LogP contribution in [0.15, 0.2) is 0 Å². The van der Waals surface area contributed by atoms with Gasteiger partial charge in [-0.05, 0) is 99.2 Å². The average molecular weight is 1010 g/mol. The molecule has 0 amide bonds. The first kappa shape index (κ1) is 53.5. The van der Waals surface area contributed by atoms with Crippen molar-refractivity contribution < 1.29 is 103 Å². The third kappa shape index (κ3) is 9.66. The fourth-order valence-corrected chi connectivity index (χ4v) is 15.1. The van der Waals surface area contributed by atoms with E-state index in [2.05, 4.69) is 13.8 Å². The van der Waals surface area contributed by atoms with E-state index in [0.29, 0.717) is 49.5 Å². The SMILES string of the molecule is CO[C@@H]1[C@@H](O)[C@H](O[C@H]2[C@H](O)[C@@H](O)[C@H](OC[C@H]3O[C@@H](O[C@@H]4C[C@H]5CC[C@H]6[C@H]7CC[C@H]([C@@H]8COC(=O)C8)[C@@]7(C)CC[C@@H]6[C@@]5(C)[C@H](O)C4)[C@H](O)[C@@H](O)[C@@H]3O)O[C@@H]2CO)O[C@H](C)[C@@H]1O[C@H]1C[C@H](OC)[C@H](O)[C@@H](C)O1. The van der Waals surface area contributed by atoms with Gasteiger partial charge in [0.25, 0.3) is 0 Å². The number of cyclic esters (lactones) is 1. The van der Waals surface area contributed by atoms with Crippen LogP contribution in [0.4, 0.5) is 0 Å². The van der Waals surface area contributed by atoms with Gasteiger partial charge in [0.15, 0.2) is 25.2 Å². The summed E-state index contributed by atoms with van der Waals surface area (Å²) < 4.78 is 64.6. The summed E-state index contributed by atoms with van der Waals surface area (Å²) in [5.41, 5.74) is -0.198. The van der Waals surface area contributed by atoms with Crippen molar-refractivity contribution in [3.8, 4) is 0 Å². The number of carbonyl (C=O) groups is 1. The van der Waals surface area contributed by atoms with Gasteiger partial charge in [-0.1, -0.05) is 13.8 Å². The van der Waals surface area contributed by atoms with Gasteiger partial charge in [0.2, 0.25) is 0 Å². The maximum atomic E-state index is 12.1. The molecule has 5 aliphatic heterocycles. The highest BCUT2D eigenvalue weighted by atomic mass is 16.8. The molecule has 0 aromatic heterocycles. The lowest BCUT2D eigenvalue weighted by atomic mass is 9.43. The Morgan fingerprint density at radius 2 is 1.34 bits per heavy atom. The summed E-state index contributed by atoms with van der Waals surface area (Å²) in [5, 5.41) is 100. The minimum Gasteiger partial charge on any atom is -0.465 e. The number of carbonyl (C=O) groups excluding carboxylic acids is 1. The summed E-state index contributed by atoms with van der Waals surface area (Å²) >= 11 is 0. The van der Waals surface area contributed by atoms with Crippen LogP contribution in [0.25, 0.3) is 0 Å². The average Bonchev–Trinajstić information content (AvgIpc) is 3.93. The standard InChI is InChI=1S/C49H80O21/c1-20-35(53)29(60-5)16-34(64-20)69-42-21(2)65-47(41(59)44(42)61-6)70-43-30(17-50)67-45(40(58)38(43)56)63-19-31-36(54)37(55)39(57)46(68-31)66-24-14-23-7-8-25-27-10-9-26(22-13-33(52)62-18-22)48(27,3)12-11-28(25)49(23,4)32(51)15-24/h20-32,34-47,50-51,53-59H,7-19H2,1-6H3/t20-,21-,22+,23-,24-,25+,26-,27-,28+,29+,30-,31-,32-,34+,35-,36-,37+,38-,39-,40-,41-,42+,43-,44-,45-,46-,47+,48-,49+/m1/s1. The second kappa shape index (κ2) is 21.4. The van der Waals surface area contributed by atoms with Crippen molar-refractivity contribution in [2.45, 2.75) is 221 Å². The normalized spacial score (nSPS) is 55.1. The molecule has 0 aromatic carbocycles. The van der Waals surface area contributed by atoms with E-state index < -0.39 is 142 Å². The summed E-state index contributed by atoms with van der Waals surface area (Å²) in [4.78, 5) is 12.1. The lowest BCUT2D eigenvalue weighted by molar-refractivity contribution is -0.373. The zero-order valence-electron chi connectivity index (χ0n) is 41.2. The predicted molar refractivity (Wildman–Crippen MR) is 238 cm³/mol. The van der Waals surface area contributed by atoms with Crippen LogP contribution in [0.2, 0.25) is 0 Å². The van der Waals surface area contributed by atoms with Crippen molar-refractivity contribution in [2.24, 2.45) is 46.3 Å². The highest BCUT2D eigenvalue weighted by Gasteiger charge is 2.64. The Labute approximate surface area is 409 Å². The van der Waals surface area contributed by atoms with Crippen molar-refractivity contribution in [2.75, 3.05) is 34.0 Å². The second-order valence-electron chi connectivity index (χ2n) is 22.6. The van der Waals surface area contributed by atoms with Crippen molar-refractivity contribution in [1.29, 1.82) is 0 Å². The van der Waals surface area contributed by atoms with E-state index in [4.69, 9.17) is 52.1 Å². The van der Waals surface area contributed by atoms with Crippen LogP contribution in [0.3, 0.4) is 0 Å². The summed E-state index contributed by atoms with van der Waals surface area (Å²) in [5.74, 6) is 2.13. The Morgan fingerprint density at radius 3 is 2.04 bits per heavy atom. The Kier molecular flexibility index (Phi) is 16.4. The minimum absolute atomic E-state index is 0.0891. The molecule has 0 radical (unpaired) electrons. The number of rotatable bonds is 13. The third-order valence-electron chi connectivity index (χ3n) is 19.1. The number of esters is 1. The van der Waals surface area contributed by atoms with E-state index in [0.717, 1.165) is 38.5 Å². The summed E-state index contributed by atoms with van der Waals surface area (Å²) in [6.45, 7) is 7.28. The Morgan fingerprint density at radius 1 is 0.629 bits per heavy atom. The molecule has 4 aliphatic carbocycles. The lowest BCUT2D eigenvalue weighted by Crippen LogP contribution is -2.65. The van der Waals surface area contributed by atoms with E-state index in [9.17, 15) is 50.8 Å². The van der Waals surface area contributed by atoms with Crippen molar-refractivity contribution in [3.63, 3.8) is 0 Å². The molecule has 402 valence electrons. The number of ether oxygens (including phenoxy) is 11. The molecule has 0 bridgehead atoms. The van der Waals surface area contributed by atoms with Gasteiger partial charge in [-0.3, -0.25) is 4.79 Å². The van der Waals surface area contributed by atoms with Gasteiger partial charge in [-0.2, -0.15) is 0 Å². The molecule has 9 N–H and O–H groups in total. The van der Waals surface area contributed by atoms with Gasteiger partial charge in [0.05, 0.1) is 56.8 Å². The highest BCUT2D eigenvalue weighted by Crippen LogP contribution is 2.68. The molecule has 5 heterocycles. The first-order valence-corrected chi connectivity index (χ1v) is 25.8. The molecule has 0 spiro atoms. The Bertz CT molecular complexity index is 1760. The molecule has 29 atom stereocenters. The highest BCUT2D eigenvalue weighted by molar-refractivity contribution is 5.71. The fraction of sp³-hybridized carbons (Fsp3) is 0.980. The zero-order chi connectivity index (χ0) is 50.1. The number of aliphatic hydroxyl groups excluding tert-OH is 9. The predicted octanol–water partition coefficient (Wildman–Crippen LogP) is -0.770. The van der Waals surface area contributed by atoms with Crippen LogP contribution in [0, 0.1) is 46.3 Å². The maximum absolute atomic E-state index is 12.1. The molecule has 9 fully saturated rings. The molecule has 9 rings (SSSR count). The first-order chi connectivity index (χ1) is 33.3. The third-order valence-corrected chi connectivity index (χ3v) is 19.1. The van der Waals surface area contributed by atoms with Crippen LogP contribution in [-0.2, 0) is 56.9 Å². The monoisotopic (exact) mass is 1000 g/mol. The van der Waals surface area contributed by atoms with Crippen molar-refractivity contribution >= 4 is 5.97 Å². The van der Waals surface area contributed by atoms with Crippen LogP contribution in [0.1, 0.15) is 91.9 Å². The number of aliphatic hydroxyl groups is 9. The van der Waals surface area contributed by atoms with Gasteiger partial charge in [0.1, 0.15) is 73.2 Å². The quantitative estimate of drug-likeness (QED) is 0.0809. The molecule has 0 aromatic rings. The molecule has 5 saturated heterocycles. The summed E-state index contributed by atoms with van der Waals surface area (Å²) in [7, 11) is 2.84. The molecule has 70 heavy (non-hydrogen) atoms. The molecule has 21 heteroatoms. The van der Waals surface area contributed by atoms with Crippen LogP contribution in [-0.4, -0.2) is 215 Å². The van der Waals surface area contributed by atoms with E-state index in [1.54, 1.807) is 13.8 Å². The Hall–Kier alpha value is -1.29.